The van der Waals surface area contributed by atoms with Crippen molar-refractivity contribution in [3.05, 3.63) is 69.9 Å². The van der Waals surface area contributed by atoms with E-state index in [2.05, 4.69) is 5.10 Å². The molecule has 3 aromatic rings. The largest absolute Gasteiger partial charge is 0.497 e. The van der Waals surface area contributed by atoms with Crippen LogP contribution in [0.5, 0.6) is 17.4 Å². The van der Waals surface area contributed by atoms with Crippen molar-refractivity contribution in [2.75, 3.05) is 7.11 Å². The number of aryl methyl sites for hydroxylation is 2. The quantitative estimate of drug-likeness (QED) is 0.514. The molecule has 0 N–H and O–H groups in total. The topological polar surface area (TPSA) is 79.4 Å². The van der Waals surface area contributed by atoms with E-state index < -0.39 is 4.92 Å². The van der Waals surface area contributed by atoms with Gasteiger partial charge in [-0.3, -0.25) is 10.1 Å². The molecule has 128 valence electrons. The summed E-state index contributed by atoms with van der Waals surface area (Å²) in [5.74, 6) is 1.72. The third-order valence-electron chi connectivity index (χ3n) is 3.81. The molecule has 0 aliphatic rings. The number of methoxy groups -OCH3 is 1. The molecule has 0 amide bonds. The molecule has 7 nitrogen and oxygen atoms in total. The first kappa shape index (κ1) is 16.5. The maximum atomic E-state index is 11.0. The maximum Gasteiger partial charge on any atom is 0.272 e. The Morgan fingerprint density at radius 3 is 2.44 bits per heavy atom. The van der Waals surface area contributed by atoms with Gasteiger partial charge in [0.1, 0.15) is 11.5 Å². The van der Waals surface area contributed by atoms with Gasteiger partial charge in [0.15, 0.2) is 0 Å². The highest BCUT2D eigenvalue weighted by Crippen LogP contribution is 2.30. The van der Waals surface area contributed by atoms with Crippen LogP contribution in [-0.4, -0.2) is 21.8 Å². The summed E-state index contributed by atoms with van der Waals surface area (Å²) in [6, 6.07) is 12.4. The van der Waals surface area contributed by atoms with Gasteiger partial charge in [-0.1, -0.05) is 0 Å². The second-order valence-corrected chi connectivity index (χ2v) is 5.56. The van der Waals surface area contributed by atoms with Crippen LogP contribution in [0.1, 0.15) is 11.1 Å². The van der Waals surface area contributed by atoms with Gasteiger partial charge in [0.25, 0.3) is 5.69 Å². The molecule has 0 fully saturated rings. The summed E-state index contributed by atoms with van der Waals surface area (Å²) in [6.07, 6.45) is 1.78. The van der Waals surface area contributed by atoms with E-state index in [4.69, 9.17) is 9.47 Å². The monoisotopic (exact) mass is 339 g/mol. The SMILES string of the molecule is COc1ccc(-n2ccc(Oc3cc(C)c([N+](=O)[O-])cc3C)n2)cc1. The third kappa shape index (κ3) is 3.45. The van der Waals surface area contributed by atoms with Gasteiger partial charge in [-0.15, -0.1) is 5.10 Å². The summed E-state index contributed by atoms with van der Waals surface area (Å²) in [4.78, 5) is 10.6. The van der Waals surface area contributed by atoms with Crippen molar-refractivity contribution < 1.29 is 14.4 Å². The average molecular weight is 339 g/mol. The van der Waals surface area contributed by atoms with Gasteiger partial charge in [-0.2, -0.15) is 0 Å². The predicted octanol–water partition coefficient (Wildman–Crippen LogP) is 4.20. The van der Waals surface area contributed by atoms with Crippen LogP contribution in [0.25, 0.3) is 5.69 Å². The number of nitro groups is 1. The Morgan fingerprint density at radius 1 is 1.08 bits per heavy atom. The smallest absolute Gasteiger partial charge is 0.272 e. The molecule has 2 aromatic carbocycles. The first-order chi connectivity index (χ1) is 12.0. The average Bonchev–Trinajstić information content (AvgIpc) is 3.06. The van der Waals surface area contributed by atoms with Gasteiger partial charge in [0.2, 0.25) is 5.88 Å². The number of nitrogens with zero attached hydrogens (tertiary/aromatic N) is 3. The van der Waals surface area contributed by atoms with E-state index in [-0.39, 0.29) is 5.69 Å². The minimum Gasteiger partial charge on any atom is -0.497 e. The van der Waals surface area contributed by atoms with Gasteiger partial charge < -0.3 is 9.47 Å². The predicted molar refractivity (Wildman–Crippen MR) is 92.8 cm³/mol. The van der Waals surface area contributed by atoms with Gasteiger partial charge in [-0.05, 0) is 49.7 Å². The lowest BCUT2D eigenvalue weighted by molar-refractivity contribution is -0.385. The van der Waals surface area contributed by atoms with Crippen molar-refractivity contribution in [1.82, 2.24) is 9.78 Å². The van der Waals surface area contributed by atoms with E-state index in [9.17, 15) is 10.1 Å². The molecule has 0 bridgehead atoms. The molecule has 0 saturated carbocycles. The highest BCUT2D eigenvalue weighted by molar-refractivity contribution is 5.50. The van der Waals surface area contributed by atoms with Gasteiger partial charge >= 0.3 is 0 Å². The summed E-state index contributed by atoms with van der Waals surface area (Å²) >= 11 is 0. The lowest BCUT2D eigenvalue weighted by Crippen LogP contribution is -1.97. The molecule has 0 unspecified atom stereocenters. The molecule has 3 rings (SSSR count). The zero-order valence-electron chi connectivity index (χ0n) is 14.1. The van der Waals surface area contributed by atoms with Crippen LogP contribution in [0.15, 0.2) is 48.7 Å². The molecule has 0 atom stereocenters. The first-order valence-electron chi connectivity index (χ1n) is 7.61. The van der Waals surface area contributed by atoms with E-state index in [0.29, 0.717) is 22.8 Å². The molecule has 0 saturated heterocycles. The molecule has 0 aliphatic carbocycles. The Labute approximate surface area is 144 Å². The number of nitro benzene ring substituents is 1. The molecule has 0 aliphatic heterocycles. The number of aromatic nitrogens is 2. The van der Waals surface area contributed by atoms with E-state index in [1.54, 1.807) is 44.0 Å². The fourth-order valence-electron chi connectivity index (χ4n) is 2.43. The lowest BCUT2D eigenvalue weighted by atomic mass is 10.1. The van der Waals surface area contributed by atoms with Crippen LogP contribution in [0.3, 0.4) is 0 Å². The van der Waals surface area contributed by atoms with Crippen LogP contribution >= 0.6 is 0 Å². The van der Waals surface area contributed by atoms with E-state index in [1.165, 1.54) is 6.07 Å². The van der Waals surface area contributed by atoms with Crippen LogP contribution in [0, 0.1) is 24.0 Å². The number of rotatable bonds is 5. The number of hydrogen-bond donors (Lipinski definition) is 0. The van der Waals surface area contributed by atoms with E-state index >= 15 is 0 Å². The van der Waals surface area contributed by atoms with Crippen LogP contribution in [0.4, 0.5) is 5.69 Å². The number of ether oxygens (including phenoxy) is 2. The number of benzene rings is 2. The van der Waals surface area contributed by atoms with Crippen molar-refractivity contribution in [3.63, 3.8) is 0 Å². The van der Waals surface area contributed by atoms with Gasteiger partial charge in [-0.25, -0.2) is 4.68 Å². The third-order valence-corrected chi connectivity index (χ3v) is 3.81. The van der Waals surface area contributed by atoms with E-state index in [0.717, 1.165) is 11.4 Å². The minimum atomic E-state index is -0.398. The van der Waals surface area contributed by atoms with Crippen LogP contribution in [0.2, 0.25) is 0 Å². The zero-order chi connectivity index (χ0) is 18.0. The van der Waals surface area contributed by atoms with Crippen LogP contribution in [-0.2, 0) is 0 Å². The summed E-state index contributed by atoms with van der Waals surface area (Å²) in [5.41, 5.74) is 2.16. The van der Waals surface area contributed by atoms with Gasteiger partial charge in [0.05, 0.1) is 17.7 Å². The molecule has 7 heteroatoms. The van der Waals surface area contributed by atoms with Crippen molar-refractivity contribution in [2.45, 2.75) is 13.8 Å². The Balaban J connectivity index is 1.83. The molecule has 1 aromatic heterocycles. The molecule has 0 spiro atoms. The van der Waals surface area contributed by atoms with Crippen LogP contribution < -0.4 is 9.47 Å². The lowest BCUT2D eigenvalue weighted by Gasteiger charge is -2.08. The Morgan fingerprint density at radius 2 is 1.80 bits per heavy atom. The Hall–Kier alpha value is -3.35. The highest BCUT2D eigenvalue weighted by Gasteiger charge is 2.15. The standard InChI is InChI=1S/C18H17N3O4/c1-12-11-17(13(2)10-16(12)21(22)23)25-18-8-9-20(19-18)14-4-6-15(24-3)7-5-14/h4-11H,1-3H3. The minimum absolute atomic E-state index is 0.0774. The molecule has 1 heterocycles. The highest BCUT2D eigenvalue weighted by atomic mass is 16.6. The second-order valence-electron chi connectivity index (χ2n) is 5.56. The van der Waals surface area contributed by atoms with Crippen molar-refractivity contribution in [1.29, 1.82) is 0 Å². The van der Waals surface area contributed by atoms with Crippen molar-refractivity contribution >= 4 is 5.69 Å². The van der Waals surface area contributed by atoms with Gasteiger partial charge in [0, 0.05) is 23.9 Å². The maximum absolute atomic E-state index is 11.0. The molecule has 25 heavy (non-hydrogen) atoms. The zero-order valence-corrected chi connectivity index (χ0v) is 14.1. The van der Waals surface area contributed by atoms with E-state index in [1.807, 2.05) is 24.3 Å². The summed E-state index contributed by atoms with van der Waals surface area (Å²) in [7, 11) is 1.61. The first-order valence-corrected chi connectivity index (χ1v) is 7.61. The normalized spacial score (nSPS) is 10.5. The molecular weight excluding hydrogens is 322 g/mol. The summed E-state index contributed by atoms with van der Waals surface area (Å²) in [5, 5.41) is 15.4. The molecular formula is C18H17N3O4. The summed E-state index contributed by atoms with van der Waals surface area (Å²) in [6.45, 7) is 3.45. The molecule has 0 radical (unpaired) electrons. The van der Waals surface area contributed by atoms with Crippen molar-refractivity contribution in [3.8, 4) is 23.1 Å². The number of hydrogen-bond acceptors (Lipinski definition) is 5. The fourth-order valence-corrected chi connectivity index (χ4v) is 2.43. The Kier molecular flexibility index (Phi) is 4.38. The summed E-state index contributed by atoms with van der Waals surface area (Å²) < 4.78 is 12.6. The van der Waals surface area contributed by atoms with Crippen molar-refractivity contribution in [2.24, 2.45) is 0 Å². The fraction of sp³-hybridized carbons (Fsp3) is 0.167. The Bertz CT molecular complexity index is 917. The second kappa shape index (κ2) is 6.64.